The van der Waals surface area contributed by atoms with Gasteiger partial charge in [-0.1, -0.05) is 194 Å². The highest BCUT2D eigenvalue weighted by Gasteiger charge is 2.18. The summed E-state index contributed by atoms with van der Waals surface area (Å²) in [6.07, 6.45) is 0. The Kier molecular flexibility index (Phi) is 9.20. The zero-order chi connectivity index (χ0) is 42.4. The Hall–Kier alpha value is -8.46. The first kappa shape index (κ1) is 37.3. The van der Waals surface area contributed by atoms with Crippen molar-refractivity contribution >= 4 is 60.4 Å². The highest BCUT2D eigenvalue weighted by molar-refractivity contribution is 6.10. The molecule has 0 spiro atoms. The Labute approximate surface area is 373 Å². The number of hydrogen-bond acceptors (Lipinski definition) is 1. The van der Waals surface area contributed by atoms with Crippen LogP contribution in [0.25, 0.3) is 93.5 Å². The summed E-state index contributed by atoms with van der Waals surface area (Å²) in [7, 11) is 0. The molecule has 64 heavy (non-hydrogen) atoms. The fraction of sp³-hybridized carbons (Fsp3) is 0. The SMILES string of the molecule is c1cc(-c2ccc(N(c3ccc(-c4cccc5ccccc45)cc3)c3cccc(-c4cccc5ccccc45)c3)cc2)cc(-c2ccccc2-n2c3ccccc3c3ccccc32)c1. The largest absolute Gasteiger partial charge is 0.310 e. The lowest BCUT2D eigenvalue weighted by Crippen LogP contribution is -2.10. The van der Waals surface area contributed by atoms with Crippen LogP contribution < -0.4 is 4.90 Å². The molecule has 0 aliphatic carbocycles. The summed E-state index contributed by atoms with van der Waals surface area (Å²) < 4.78 is 2.42. The molecule has 0 saturated heterocycles. The fourth-order valence-corrected chi connectivity index (χ4v) is 9.77. The van der Waals surface area contributed by atoms with E-state index in [1.165, 1.54) is 88.0 Å². The highest BCUT2D eigenvalue weighted by Crippen LogP contribution is 2.41. The van der Waals surface area contributed by atoms with Gasteiger partial charge in [-0.05, 0) is 121 Å². The van der Waals surface area contributed by atoms with E-state index in [9.17, 15) is 0 Å². The van der Waals surface area contributed by atoms with Crippen LogP contribution in [0.15, 0.2) is 255 Å². The summed E-state index contributed by atoms with van der Waals surface area (Å²) in [5.74, 6) is 0. The Balaban J connectivity index is 0.939. The van der Waals surface area contributed by atoms with Crippen molar-refractivity contribution in [1.29, 1.82) is 0 Å². The lowest BCUT2D eigenvalue weighted by atomic mass is 9.96. The van der Waals surface area contributed by atoms with E-state index >= 15 is 0 Å². The molecule has 0 atom stereocenters. The quantitative estimate of drug-likeness (QED) is 0.148. The smallest absolute Gasteiger partial charge is 0.0541 e. The topological polar surface area (TPSA) is 8.17 Å². The molecule has 2 heteroatoms. The van der Waals surface area contributed by atoms with Gasteiger partial charge in [0, 0.05) is 33.4 Å². The molecule has 300 valence electrons. The van der Waals surface area contributed by atoms with Crippen LogP contribution in [0.3, 0.4) is 0 Å². The van der Waals surface area contributed by atoms with E-state index in [0.29, 0.717) is 0 Å². The van der Waals surface area contributed by atoms with E-state index in [2.05, 4.69) is 264 Å². The number of aromatic nitrogens is 1. The van der Waals surface area contributed by atoms with Crippen molar-refractivity contribution in [3.63, 3.8) is 0 Å². The van der Waals surface area contributed by atoms with Gasteiger partial charge in [0.1, 0.15) is 0 Å². The highest BCUT2D eigenvalue weighted by atomic mass is 15.1. The average Bonchev–Trinajstić information content (AvgIpc) is 3.71. The Morgan fingerprint density at radius 1 is 0.250 bits per heavy atom. The predicted octanol–water partition coefficient (Wildman–Crippen LogP) is 17.2. The van der Waals surface area contributed by atoms with Gasteiger partial charge in [-0.2, -0.15) is 0 Å². The fourth-order valence-electron chi connectivity index (χ4n) is 9.77. The minimum atomic E-state index is 1.09. The zero-order valence-electron chi connectivity index (χ0n) is 35.1. The number of hydrogen-bond donors (Lipinski definition) is 0. The second-order valence-corrected chi connectivity index (χ2v) is 16.5. The van der Waals surface area contributed by atoms with Crippen molar-refractivity contribution in [3.8, 4) is 50.2 Å². The van der Waals surface area contributed by atoms with Crippen LogP contribution in [-0.2, 0) is 0 Å². The minimum absolute atomic E-state index is 1.09. The molecule has 0 aliphatic heterocycles. The van der Waals surface area contributed by atoms with Crippen molar-refractivity contribution in [2.75, 3.05) is 4.90 Å². The number of benzene rings is 11. The summed E-state index contributed by atoms with van der Waals surface area (Å²) in [6, 6.07) is 92.6. The van der Waals surface area contributed by atoms with Crippen molar-refractivity contribution in [3.05, 3.63) is 255 Å². The molecule has 0 aliphatic rings. The van der Waals surface area contributed by atoms with Gasteiger partial charge < -0.3 is 9.47 Å². The van der Waals surface area contributed by atoms with Gasteiger partial charge >= 0.3 is 0 Å². The molecule has 0 saturated carbocycles. The number of para-hydroxylation sites is 3. The number of nitrogens with zero attached hydrogens (tertiary/aromatic N) is 2. The molecule has 0 bridgehead atoms. The van der Waals surface area contributed by atoms with Crippen molar-refractivity contribution in [2.24, 2.45) is 0 Å². The standard InChI is InChI=1S/C62H42N2/c1-3-23-53-44(15-1)17-13-28-55(53)46-35-39-51(40-36-46)63(52-22-12-21-49(42-52)56-29-14-18-45-16-2-4-24-54(45)56)50-37-33-43(34-38-50)47-19-11-20-48(41-47)57-25-5-8-30-60(57)64-61-31-9-6-26-58(61)59-27-7-10-32-62(59)64/h1-42H. The summed E-state index contributed by atoms with van der Waals surface area (Å²) in [6.45, 7) is 0. The first-order valence-electron chi connectivity index (χ1n) is 22.0. The third-order valence-corrected chi connectivity index (χ3v) is 12.8. The van der Waals surface area contributed by atoms with E-state index in [1.807, 2.05) is 0 Å². The minimum Gasteiger partial charge on any atom is -0.310 e. The number of anilines is 3. The van der Waals surface area contributed by atoms with Gasteiger partial charge in [-0.15, -0.1) is 0 Å². The van der Waals surface area contributed by atoms with Gasteiger partial charge in [0.25, 0.3) is 0 Å². The van der Waals surface area contributed by atoms with Crippen molar-refractivity contribution in [1.82, 2.24) is 4.57 Å². The van der Waals surface area contributed by atoms with Crippen LogP contribution in [0.4, 0.5) is 17.1 Å². The third-order valence-electron chi connectivity index (χ3n) is 12.8. The van der Waals surface area contributed by atoms with E-state index < -0.39 is 0 Å². The Morgan fingerprint density at radius 2 is 0.688 bits per heavy atom. The van der Waals surface area contributed by atoms with Crippen LogP contribution in [0, 0.1) is 0 Å². The van der Waals surface area contributed by atoms with Crippen LogP contribution in [0.1, 0.15) is 0 Å². The maximum Gasteiger partial charge on any atom is 0.0541 e. The van der Waals surface area contributed by atoms with Gasteiger partial charge in [0.15, 0.2) is 0 Å². The second kappa shape index (κ2) is 15.8. The molecule has 12 rings (SSSR count). The molecule has 0 radical (unpaired) electrons. The normalized spacial score (nSPS) is 11.4. The second-order valence-electron chi connectivity index (χ2n) is 16.5. The van der Waals surface area contributed by atoms with Crippen LogP contribution in [-0.4, -0.2) is 4.57 Å². The van der Waals surface area contributed by atoms with Crippen molar-refractivity contribution < 1.29 is 0 Å². The van der Waals surface area contributed by atoms with E-state index in [1.54, 1.807) is 0 Å². The molecule has 0 amide bonds. The lowest BCUT2D eigenvalue weighted by molar-refractivity contribution is 1.18. The molecule has 0 fully saturated rings. The third kappa shape index (κ3) is 6.52. The van der Waals surface area contributed by atoms with Crippen molar-refractivity contribution in [2.45, 2.75) is 0 Å². The Bertz CT molecular complexity index is 3610. The molecule has 2 nitrogen and oxygen atoms in total. The van der Waals surface area contributed by atoms with Gasteiger partial charge in [-0.3, -0.25) is 0 Å². The summed E-state index contributed by atoms with van der Waals surface area (Å²) >= 11 is 0. The molecular formula is C62H42N2. The first-order chi connectivity index (χ1) is 31.7. The summed E-state index contributed by atoms with van der Waals surface area (Å²) in [5.41, 5.74) is 16.4. The van der Waals surface area contributed by atoms with Crippen LogP contribution >= 0.6 is 0 Å². The van der Waals surface area contributed by atoms with Crippen LogP contribution in [0.5, 0.6) is 0 Å². The molecule has 11 aromatic carbocycles. The zero-order valence-corrected chi connectivity index (χ0v) is 35.1. The number of fused-ring (bicyclic) bond motifs is 5. The van der Waals surface area contributed by atoms with E-state index in [4.69, 9.17) is 0 Å². The maximum atomic E-state index is 2.42. The molecular weight excluding hydrogens is 773 g/mol. The van der Waals surface area contributed by atoms with Crippen LogP contribution in [0.2, 0.25) is 0 Å². The van der Waals surface area contributed by atoms with E-state index in [0.717, 1.165) is 22.6 Å². The monoisotopic (exact) mass is 814 g/mol. The number of rotatable bonds is 8. The van der Waals surface area contributed by atoms with Gasteiger partial charge in [0.2, 0.25) is 0 Å². The maximum absolute atomic E-state index is 2.42. The predicted molar refractivity (Wildman–Crippen MR) is 272 cm³/mol. The first-order valence-corrected chi connectivity index (χ1v) is 22.0. The average molecular weight is 815 g/mol. The summed E-state index contributed by atoms with van der Waals surface area (Å²) in [5, 5.41) is 7.51. The molecule has 0 N–H and O–H groups in total. The lowest BCUT2D eigenvalue weighted by Gasteiger charge is -2.26. The molecule has 1 heterocycles. The van der Waals surface area contributed by atoms with Gasteiger partial charge in [0.05, 0.1) is 16.7 Å². The molecule has 12 aromatic rings. The Morgan fingerprint density at radius 3 is 1.33 bits per heavy atom. The molecule has 0 unspecified atom stereocenters. The molecule has 1 aromatic heterocycles. The van der Waals surface area contributed by atoms with Gasteiger partial charge in [-0.25, -0.2) is 0 Å². The summed E-state index contributed by atoms with van der Waals surface area (Å²) in [4.78, 5) is 2.38. The van der Waals surface area contributed by atoms with E-state index in [-0.39, 0.29) is 0 Å².